The first-order valence-electron chi connectivity index (χ1n) is 7.25. The molecule has 0 fully saturated rings. The summed E-state index contributed by atoms with van der Waals surface area (Å²) in [4.78, 5) is 23.9. The predicted molar refractivity (Wildman–Crippen MR) is 89.9 cm³/mol. The van der Waals surface area contributed by atoms with Crippen LogP contribution in [0.1, 0.15) is 10.4 Å². The normalized spacial score (nSPS) is 15.9. The number of rotatable bonds is 4. The van der Waals surface area contributed by atoms with Crippen molar-refractivity contribution in [2.24, 2.45) is 0 Å². The fourth-order valence-corrected chi connectivity index (χ4v) is 2.46. The quantitative estimate of drug-likeness (QED) is 0.864. The van der Waals surface area contributed by atoms with Crippen molar-refractivity contribution in [2.45, 2.75) is 6.04 Å². The molecule has 1 aliphatic heterocycles. The van der Waals surface area contributed by atoms with E-state index < -0.39 is 11.9 Å². The molecule has 2 aromatic rings. The first-order chi connectivity index (χ1) is 11.6. The highest BCUT2D eigenvalue weighted by Crippen LogP contribution is 2.37. The Labute approximate surface area is 143 Å². The van der Waals surface area contributed by atoms with Crippen molar-refractivity contribution in [1.82, 2.24) is 5.32 Å². The molecular formula is C18H14ClNO4. The Bertz CT molecular complexity index is 801. The van der Waals surface area contributed by atoms with Crippen molar-refractivity contribution in [1.29, 1.82) is 0 Å². The van der Waals surface area contributed by atoms with Gasteiger partial charge < -0.3 is 14.8 Å². The lowest BCUT2D eigenvalue weighted by atomic mass is 10.0. The maximum absolute atomic E-state index is 12.5. The van der Waals surface area contributed by atoms with Gasteiger partial charge in [-0.05, 0) is 42.5 Å². The smallest absolute Gasteiger partial charge is 0.244 e. The van der Waals surface area contributed by atoms with E-state index in [4.69, 9.17) is 21.1 Å². The molecule has 1 amide bonds. The molecule has 1 N–H and O–H groups in total. The molecule has 0 saturated heterocycles. The summed E-state index contributed by atoms with van der Waals surface area (Å²) < 4.78 is 11.4. The molecule has 1 atom stereocenters. The Balaban J connectivity index is 1.86. The van der Waals surface area contributed by atoms with Crippen LogP contribution in [-0.4, -0.2) is 24.3 Å². The number of hydrogen-bond donors (Lipinski definition) is 1. The van der Waals surface area contributed by atoms with Crippen LogP contribution in [0.4, 0.5) is 0 Å². The molecule has 0 spiro atoms. The Hall–Kier alpha value is -2.79. The van der Waals surface area contributed by atoms with Gasteiger partial charge in [0.15, 0.2) is 17.3 Å². The van der Waals surface area contributed by atoms with Gasteiger partial charge in [-0.3, -0.25) is 9.59 Å². The molecule has 0 unspecified atom stereocenters. The summed E-state index contributed by atoms with van der Waals surface area (Å²) in [6, 6.07) is 11.2. The topological polar surface area (TPSA) is 64.6 Å². The number of ketones is 1. The standard InChI is InChI=1S/C18H14ClNO4/c1-2-16(21)20-14-10-23-18-13(17(14)22)4-3-5-15(18)24-12-8-6-11(19)7-9-12/h2-9,14H,1,10H2,(H,20,21)/t14-/m0/s1. The largest absolute Gasteiger partial charge is 0.486 e. The molecule has 5 nitrogen and oxygen atoms in total. The summed E-state index contributed by atoms with van der Waals surface area (Å²) in [6.45, 7) is 3.40. The molecular weight excluding hydrogens is 330 g/mol. The van der Waals surface area contributed by atoms with Gasteiger partial charge in [-0.25, -0.2) is 0 Å². The molecule has 0 bridgehead atoms. The summed E-state index contributed by atoms with van der Waals surface area (Å²) in [5.41, 5.74) is 0.363. The lowest BCUT2D eigenvalue weighted by molar-refractivity contribution is -0.117. The van der Waals surface area contributed by atoms with Gasteiger partial charge in [-0.15, -0.1) is 0 Å². The zero-order chi connectivity index (χ0) is 17.1. The van der Waals surface area contributed by atoms with Crippen LogP contribution in [0.5, 0.6) is 17.2 Å². The fourth-order valence-electron chi connectivity index (χ4n) is 2.34. The van der Waals surface area contributed by atoms with Gasteiger partial charge in [-0.2, -0.15) is 0 Å². The van der Waals surface area contributed by atoms with E-state index in [0.29, 0.717) is 27.8 Å². The summed E-state index contributed by atoms with van der Waals surface area (Å²) in [6.07, 6.45) is 1.11. The lowest BCUT2D eigenvalue weighted by Crippen LogP contribution is -2.46. The third-order valence-electron chi connectivity index (χ3n) is 3.50. The number of hydrogen-bond acceptors (Lipinski definition) is 4. The number of fused-ring (bicyclic) bond motifs is 1. The van der Waals surface area contributed by atoms with Gasteiger partial charge in [0.05, 0.1) is 5.56 Å². The number of amides is 1. The van der Waals surface area contributed by atoms with E-state index >= 15 is 0 Å². The van der Waals surface area contributed by atoms with Crippen LogP contribution in [0, 0.1) is 0 Å². The zero-order valence-corrected chi connectivity index (χ0v) is 13.4. The minimum Gasteiger partial charge on any atom is -0.486 e. The Morgan fingerprint density at radius 3 is 2.75 bits per heavy atom. The molecule has 2 aromatic carbocycles. The maximum atomic E-state index is 12.5. The van der Waals surface area contributed by atoms with Crippen LogP contribution in [0.25, 0.3) is 0 Å². The lowest BCUT2D eigenvalue weighted by Gasteiger charge is -2.25. The highest BCUT2D eigenvalue weighted by molar-refractivity contribution is 6.30. The number of benzene rings is 2. The van der Waals surface area contributed by atoms with Crippen molar-refractivity contribution in [3.05, 3.63) is 65.7 Å². The minimum atomic E-state index is -0.742. The number of para-hydroxylation sites is 1. The molecule has 0 saturated carbocycles. The van der Waals surface area contributed by atoms with Crippen molar-refractivity contribution >= 4 is 23.3 Å². The third-order valence-corrected chi connectivity index (χ3v) is 3.75. The molecule has 122 valence electrons. The molecule has 0 aromatic heterocycles. The Morgan fingerprint density at radius 1 is 1.29 bits per heavy atom. The van der Waals surface area contributed by atoms with Crippen LogP contribution < -0.4 is 14.8 Å². The summed E-state index contributed by atoms with van der Waals surface area (Å²) in [5.74, 6) is 0.714. The molecule has 1 heterocycles. The van der Waals surface area contributed by atoms with Gasteiger partial charge in [0, 0.05) is 5.02 Å². The number of carbonyl (C=O) groups is 2. The van der Waals surface area contributed by atoms with Crippen LogP contribution in [0.15, 0.2) is 55.1 Å². The number of halogens is 1. The van der Waals surface area contributed by atoms with E-state index in [1.165, 1.54) is 0 Å². The first kappa shape index (κ1) is 16.1. The van der Waals surface area contributed by atoms with Gasteiger partial charge in [-0.1, -0.05) is 24.2 Å². The van der Waals surface area contributed by atoms with E-state index in [-0.39, 0.29) is 12.4 Å². The van der Waals surface area contributed by atoms with Gasteiger partial charge >= 0.3 is 0 Å². The average molecular weight is 344 g/mol. The summed E-state index contributed by atoms with van der Waals surface area (Å²) >= 11 is 5.85. The average Bonchev–Trinajstić information content (AvgIpc) is 2.59. The molecule has 6 heteroatoms. The maximum Gasteiger partial charge on any atom is 0.244 e. The van der Waals surface area contributed by atoms with E-state index in [9.17, 15) is 9.59 Å². The second-order valence-electron chi connectivity index (χ2n) is 5.13. The Kier molecular flexibility index (Phi) is 4.53. The second-order valence-corrected chi connectivity index (χ2v) is 5.57. The summed E-state index contributed by atoms with van der Waals surface area (Å²) in [5, 5.41) is 3.15. The first-order valence-corrected chi connectivity index (χ1v) is 7.62. The number of carbonyl (C=O) groups excluding carboxylic acids is 2. The van der Waals surface area contributed by atoms with Gasteiger partial charge in [0.1, 0.15) is 18.4 Å². The van der Waals surface area contributed by atoms with Gasteiger partial charge in [0.25, 0.3) is 0 Å². The molecule has 0 aliphatic carbocycles. The number of nitrogens with one attached hydrogen (secondary N) is 1. The van der Waals surface area contributed by atoms with Crippen LogP contribution in [0.3, 0.4) is 0 Å². The Morgan fingerprint density at radius 2 is 2.04 bits per heavy atom. The fraction of sp³-hybridized carbons (Fsp3) is 0.111. The highest BCUT2D eigenvalue weighted by Gasteiger charge is 2.31. The van der Waals surface area contributed by atoms with Crippen molar-refractivity contribution in [2.75, 3.05) is 6.61 Å². The summed E-state index contributed by atoms with van der Waals surface area (Å²) in [7, 11) is 0. The van der Waals surface area contributed by atoms with Crippen molar-refractivity contribution in [3.63, 3.8) is 0 Å². The predicted octanol–water partition coefficient (Wildman–Crippen LogP) is 3.38. The third kappa shape index (κ3) is 3.26. The van der Waals surface area contributed by atoms with Crippen LogP contribution in [-0.2, 0) is 4.79 Å². The zero-order valence-electron chi connectivity index (χ0n) is 12.6. The SMILES string of the molecule is C=CC(=O)N[C@H]1COc2c(Oc3ccc(Cl)cc3)cccc2C1=O. The molecule has 24 heavy (non-hydrogen) atoms. The van der Waals surface area contributed by atoms with Crippen molar-refractivity contribution in [3.8, 4) is 17.2 Å². The molecule has 1 aliphatic rings. The van der Waals surface area contributed by atoms with Crippen LogP contribution >= 0.6 is 11.6 Å². The minimum absolute atomic E-state index is 0.0341. The monoisotopic (exact) mass is 343 g/mol. The van der Waals surface area contributed by atoms with E-state index in [2.05, 4.69) is 11.9 Å². The van der Waals surface area contributed by atoms with E-state index in [0.717, 1.165) is 6.08 Å². The van der Waals surface area contributed by atoms with Crippen molar-refractivity contribution < 1.29 is 19.1 Å². The second kappa shape index (κ2) is 6.76. The molecule has 0 radical (unpaired) electrons. The number of Topliss-reactive ketones (excluding diaryl/α,β-unsaturated/α-hetero) is 1. The van der Waals surface area contributed by atoms with E-state index in [1.54, 1.807) is 42.5 Å². The van der Waals surface area contributed by atoms with Crippen LogP contribution in [0.2, 0.25) is 5.02 Å². The number of ether oxygens (including phenoxy) is 2. The molecule has 3 rings (SSSR count). The van der Waals surface area contributed by atoms with Gasteiger partial charge in [0.2, 0.25) is 5.91 Å². The van der Waals surface area contributed by atoms with E-state index in [1.807, 2.05) is 0 Å². The highest BCUT2D eigenvalue weighted by atomic mass is 35.5.